The van der Waals surface area contributed by atoms with Gasteiger partial charge in [-0.3, -0.25) is 0 Å². The minimum absolute atomic E-state index is 0.00282. The quantitative estimate of drug-likeness (QED) is 0.302. The Morgan fingerprint density at radius 1 is 1.38 bits per heavy atom. The van der Waals surface area contributed by atoms with Crippen LogP contribution in [0.2, 0.25) is 0 Å². The number of imidazole rings is 1. The lowest BCUT2D eigenvalue weighted by Crippen LogP contribution is -2.32. The van der Waals surface area contributed by atoms with Crippen molar-refractivity contribution in [2.24, 2.45) is 5.14 Å². The number of nitrogens with one attached hydrogen (secondary N) is 1. The van der Waals surface area contributed by atoms with Gasteiger partial charge in [-0.05, 0) is 0 Å². The standard InChI is InChI=1S/C10H13N5O5S/c11-21(19)10-4-8(13-2-12-4)14-9(15-10)7-6(18)5(17)3(1-16)20-7/h2-3,5-7,16-18H,1,11H2,(H,12,13,14,15)/t3-,5-,6-,7?,21?/m1/s1. The van der Waals surface area contributed by atoms with Gasteiger partial charge in [-0.2, -0.15) is 4.98 Å². The second-order valence-electron chi connectivity index (χ2n) is 4.54. The van der Waals surface area contributed by atoms with Crippen LogP contribution < -0.4 is 5.14 Å². The summed E-state index contributed by atoms with van der Waals surface area (Å²) in [6.07, 6.45) is -3.25. The highest BCUT2D eigenvalue weighted by molar-refractivity contribution is 7.89. The number of aromatic amines is 1. The average molecular weight is 315 g/mol. The van der Waals surface area contributed by atoms with E-state index in [1.54, 1.807) is 0 Å². The summed E-state index contributed by atoms with van der Waals surface area (Å²) in [5.41, 5.74) is 0.540. The van der Waals surface area contributed by atoms with Gasteiger partial charge in [-0.25, -0.2) is 9.97 Å². The predicted octanol–water partition coefficient (Wildman–Crippen LogP) is -2.51. The number of aliphatic hydroxyl groups excluding tert-OH is 3. The molecule has 2 aromatic heterocycles. The van der Waals surface area contributed by atoms with Crippen LogP contribution in [0.3, 0.4) is 0 Å². The lowest BCUT2D eigenvalue weighted by Gasteiger charge is -2.13. The summed E-state index contributed by atoms with van der Waals surface area (Å²) in [5, 5.41) is 34.1. The maximum absolute atomic E-state index is 11.5. The molecule has 0 aliphatic carbocycles. The van der Waals surface area contributed by atoms with Crippen molar-refractivity contribution < 1.29 is 24.6 Å². The Morgan fingerprint density at radius 3 is 2.76 bits per heavy atom. The average Bonchev–Trinajstić information content (AvgIpc) is 3.03. The van der Waals surface area contributed by atoms with Gasteiger partial charge in [0.1, 0.15) is 24.4 Å². The second kappa shape index (κ2) is 5.46. The van der Waals surface area contributed by atoms with E-state index in [-0.39, 0.29) is 22.0 Å². The molecule has 11 heteroatoms. The number of nitrogens with two attached hydrogens (primary N) is 1. The summed E-state index contributed by atoms with van der Waals surface area (Å²) >= 11 is -1.91. The summed E-state index contributed by atoms with van der Waals surface area (Å²) < 4.78 is 16.9. The lowest BCUT2D eigenvalue weighted by atomic mass is 10.1. The van der Waals surface area contributed by atoms with E-state index in [0.29, 0.717) is 0 Å². The zero-order valence-electron chi connectivity index (χ0n) is 10.6. The third-order valence-electron chi connectivity index (χ3n) is 3.25. The molecular weight excluding hydrogens is 302 g/mol. The summed E-state index contributed by atoms with van der Waals surface area (Å²) in [5.74, 6) is 0.00282. The first-order valence-corrected chi connectivity index (χ1v) is 7.24. The van der Waals surface area contributed by atoms with Gasteiger partial charge in [0.2, 0.25) is 0 Å². The summed E-state index contributed by atoms with van der Waals surface area (Å²) in [4.78, 5) is 14.8. The molecule has 10 nitrogen and oxygen atoms in total. The van der Waals surface area contributed by atoms with E-state index in [1.807, 2.05) is 0 Å². The number of aliphatic hydroxyl groups is 3. The molecule has 0 spiro atoms. The molecular formula is C10H13N5O5S. The van der Waals surface area contributed by atoms with E-state index in [0.717, 1.165) is 0 Å². The third-order valence-corrected chi connectivity index (χ3v) is 3.92. The van der Waals surface area contributed by atoms with E-state index in [1.165, 1.54) is 6.33 Å². The molecule has 0 aromatic carbocycles. The van der Waals surface area contributed by atoms with Crippen LogP contribution >= 0.6 is 0 Å². The summed E-state index contributed by atoms with van der Waals surface area (Å²) in [6, 6.07) is 0. The van der Waals surface area contributed by atoms with Crippen LogP contribution in [0.25, 0.3) is 11.2 Å². The van der Waals surface area contributed by atoms with E-state index in [9.17, 15) is 14.8 Å². The largest absolute Gasteiger partial charge is 0.592 e. The maximum atomic E-state index is 11.5. The van der Waals surface area contributed by atoms with Gasteiger partial charge >= 0.3 is 0 Å². The summed E-state index contributed by atoms with van der Waals surface area (Å²) in [6.45, 7) is -0.462. The molecule has 0 bridgehead atoms. The molecule has 5 atom stereocenters. The Bertz CT molecular complexity index is 652. The van der Waals surface area contributed by atoms with Crippen LogP contribution in [-0.2, 0) is 16.1 Å². The van der Waals surface area contributed by atoms with Crippen molar-refractivity contribution in [3.8, 4) is 0 Å². The van der Waals surface area contributed by atoms with Crippen LogP contribution in [0.4, 0.5) is 0 Å². The van der Waals surface area contributed by atoms with Crippen molar-refractivity contribution in [3.63, 3.8) is 0 Å². The van der Waals surface area contributed by atoms with E-state index < -0.39 is 42.4 Å². The van der Waals surface area contributed by atoms with Crippen molar-refractivity contribution in [3.05, 3.63) is 12.2 Å². The Balaban J connectivity index is 2.05. The highest BCUT2D eigenvalue weighted by Gasteiger charge is 2.45. The van der Waals surface area contributed by atoms with Gasteiger partial charge in [-0.1, -0.05) is 0 Å². The maximum Gasteiger partial charge on any atom is 0.297 e. The first kappa shape index (κ1) is 14.6. The predicted molar refractivity (Wildman–Crippen MR) is 69.0 cm³/mol. The van der Waals surface area contributed by atoms with E-state index >= 15 is 0 Å². The molecule has 2 unspecified atom stereocenters. The van der Waals surface area contributed by atoms with Gasteiger partial charge in [0.25, 0.3) is 5.03 Å². The number of H-pyrrole nitrogens is 1. The highest BCUT2D eigenvalue weighted by atomic mass is 32.2. The molecule has 0 saturated carbocycles. The van der Waals surface area contributed by atoms with Crippen LogP contribution in [-0.4, -0.2) is 64.7 Å². The molecule has 1 fully saturated rings. The third kappa shape index (κ3) is 2.38. The number of aromatic nitrogens is 4. The fourth-order valence-corrected chi connectivity index (χ4v) is 2.73. The molecule has 1 saturated heterocycles. The zero-order chi connectivity index (χ0) is 15.1. The Labute approximate surface area is 121 Å². The smallest absolute Gasteiger partial charge is 0.297 e. The minimum Gasteiger partial charge on any atom is -0.592 e. The number of ether oxygens (including phenoxy) is 1. The molecule has 2 aromatic rings. The topological polar surface area (TPSA) is 173 Å². The molecule has 0 radical (unpaired) electrons. The fourth-order valence-electron chi connectivity index (χ4n) is 2.21. The SMILES string of the molecule is N[S+]([O-])c1nc(C2O[C@H](CO)[C@@H](O)[C@H]2O)nc2[nH]cnc12. The van der Waals surface area contributed by atoms with Gasteiger partial charge in [0.15, 0.2) is 17.0 Å². The van der Waals surface area contributed by atoms with Crippen molar-refractivity contribution in [2.75, 3.05) is 6.61 Å². The minimum atomic E-state index is -1.91. The number of fused-ring (bicyclic) bond motifs is 1. The second-order valence-corrected chi connectivity index (χ2v) is 5.52. The fraction of sp³-hybridized carbons (Fsp3) is 0.500. The van der Waals surface area contributed by atoms with Gasteiger partial charge in [0, 0.05) is 0 Å². The summed E-state index contributed by atoms with van der Waals surface area (Å²) in [7, 11) is 0. The van der Waals surface area contributed by atoms with Crippen molar-refractivity contribution in [1.29, 1.82) is 0 Å². The van der Waals surface area contributed by atoms with Crippen molar-refractivity contribution in [2.45, 2.75) is 29.4 Å². The van der Waals surface area contributed by atoms with Gasteiger partial charge < -0.3 is 29.6 Å². The number of rotatable bonds is 3. The highest BCUT2D eigenvalue weighted by Crippen LogP contribution is 2.32. The van der Waals surface area contributed by atoms with Crippen LogP contribution in [0.15, 0.2) is 11.4 Å². The molecule has 1 aliphatic heterocycles. The number of hydrogen-bond donors (Lipinski definition) is 5. The van der Waals surface area contributed by atoms with Crippen molar-refractivity contribution >= 4 is 22.5 Å². The number of hydrogen-bond acceptors (Lipinski definition) is 9. The number of nitrogens with zero attached hydrogens (tertiary/aromatic N) is 3. The Kier molecular flexibility index (Phi) is 3.79. The normalized spacial score (nSPS) is 30.9. The van der Waals surface area contributed by atoms with Crippen molar-refractivity contribution in [1.82, 2.24) is 19.9 Å². The van der Waals surface area contributed by atoms with Gasteiger partial charge in [-0.15, -0.1) is 5.14 Å². The molecule has 1 aliphatic rings. The first-order valence-electron chi connectivity index (χ1n) is 6.02. The van der Waals surface area contributed by atoms with E-state index in [4.69, 9.17) is 15.0 Å². The molecule has 0 amide bonds. The monoisotopic (exact) mass is 315 g/mol. The first-order chi connectivity index (χ1) is 10.0. The molecule has 6 N–H and O–H groups in total. The molecule has 3 rings (SSSR count). The Hall–Kier alpha value is -1.34. The lowest BCUT2D eigenvalue weighted by molar-refractivity contribution is -0.0253. The molecule has 3 heterocycles. The van der Waals surface area contributed by atoms with Crippen LogP contribution in [0.1, 0.15) is 11.9 Å². The molecule has 21 heavy (non-hydrogen) atoms. The van der Waals surface area contributed by atoms with E-state index in [2.05, 4.69) is 19.9 Å². The van der Waals surface area contributed by atoms with Crippen LogP contribution in [0.5, 0.6) is 0 Å². The Morgan fingerprint density at radius 2 is 2.14 bits per heavy atom. The van der Waals surface area contributed by atoms with Crippen LogP contribution in [0, 0.1) is 0 Å². The molecule has 114 valence electrons. The zero-order valence-corrected chi connectivity index (χ0v) is 11.4. The van der Waals surface area contributed by atoms with Gasteiger partial charge in [0.05, 0.1) is 24.3 Å².